The number of fused-ring (bicyclic) bond motifs is 1. The fraction of sp³-hybridized carbons (Fsp3) is 0.0800. The van der Waals surface area contributed by atoms with Crippen molar-refractivity contribution in [1.29, 1.82) is 0 Å². The third-order valence-electron chi connectivity index (χ3n) is 5.51. The maximum absolute atomic E-state index is 14.3. The normalized spacial score (nSPS) is 17.6. The molecule has 34 heavy (non-hydrogen) atoms. The van der Waals surface area contributed by atoms with Gasteiger partial charge in [-0.1, -0.05) is 64.9 Å². The number of aromatic nitrogens is 1. The Labute approximate surface area is 201 Å². The molecule has 1 unspecified atom stereocenters. The van der Waals surface area contributed by atoms with Crippen LogP contribution in [0.4, 0.5) is 13.9 Å². The molecule has 0 saturated carbocycles. The average Bonchev–Trinajstić information content (AvgIpc) is 3.32. The Morgan fingerprint density at radius 3 is 2.59 bits per heavy atom. The van der Waals surface area contributed by atoms with Gasteiger partial charge in [0.1, 0.15) is 17.1 Å². The summed E-state index contributed by atoms with van der Waals surface area (Å²) in [5, 5.41) is 11.5. The van der Waals surface area contributed by atoms with Crippen LogP contribution < -0.4 is 4.90 Å². The van der Waals surface area contributed by atoms with E-state index >= 15 is 0 Å². The van der Waals surface area contributed by atoms with Gasteiger partial charge in [0, 0.05) is 16.7 Å². The molecule has 1 aliphatic heterocycles. The van der Waals surface area contributed by atoms with Gasteiger partial charge in [-0.05, 0) is 30.7 Å². The van der Waals surface area contributed by atoms with E-state index in [0.717, 1.165) is 27.9 Å². The number of hydrogen-bond donors (Lipinski definition) is 1. The molecule has 0 radical (unpaired) electrons. The van der Waals surface area contributed by atoms with Gasteiger partial charge in [0.25, 0.3) is 5.78 Å². The van der Waals surface area contributed by atoms with Crippen LogP contribution in [0, 0.1) is 18.6 Å². The second-order valence-corrected chi connectivity index (χ2v) is 9.27. The Balaban J connectivity index is 1.76. The van der Waals surface area contributed by atoms with Crippen LogP contribution in [0.25, 0.3) is 16.0 Å². The van der Waals surface area contributed by atoms with E-state index in [1.165, 1.54) is 6.07 Å². The van der Waals surface area contributed by atoms with Crippen LogP contribution in [0.2, 0.25) is 5.02 Å². The molecule has 1 aromatic heterocycles. The first-order valence-electron chi connectivity index (χ1n) is 10.1. The van der Waals surface area contributed by atoms with Crippen molar-refractivity contribution >= 4 is 55.7 Å². The van der Waals surface area contributed by atoms with Gasteiger partial charge in [0.15, 0.2) is 10.9 Å². The molecule has 2 heterocycles. The van der Waals surface area contributed by atoms with Crippen LogP contribution in [0.5, 0.6) is 0 Å². The molecule has 1 saturated heterocycles. The quantitative estimate of drug-likeness (QED) is 0.209. The molecular weight excluding hydrogens is 482 g/mol. The van der Waals surface area contributed by atoms with E-state index in [-0.39, 0.29) is 26.5 Å². The van der Waals surface area contributed by atoms with E-state index in [1.807, 2.05) is 13.0 Å². The number of benzene rings is 3. The molecule has 3 aromatic carbocycles. The first-order chi connectivity index (χ1) is 16.2. The highest BCUT2D eigenvalue weighted by molar-refractivity contribution is 7.22. The molecule has 0 aliphatic carbocycles. The summed E-state index contributed by atoms with van der Waals surface area (Å²) in [5.74, 6) is -3.91. The summed E-state index contributed by atoms with van der Waals surface area (Å²) in [6.45, 7) is 1.85. The van der Waals surface area contributed by atoms with Crippen LogP contribution in [0.1, 0.15) is 22.7 Å². The number of rotatable bonds is 3. The summed E-state index contributed by atoms with van der Waals surface area (Å²) in [6.07, 6.45) is 0. The van der Waals surface area contributed by atoms with Gasteiger partial charge in [-0.2, -0.15) is 0 Å². The minimum atomic E-state index is -1.03. The minimum Gasteiger partial charge on any atom is -0.507 e. The number of Topliss-reactive ketones (excluding diaryl/α,β-unsaturated/α-hetero) is 1. The van der Waals surface area contributed by atoms with Crippen LogP contribution in [-0.2, 0) is 9.59 Å². The van der Waals surface area contributed by atoms with Gasteiger partial charge in [-0.3, -0.25) is 14.5 Å². The monoisotopic (exact) mass is 496 g/mol. The van der Waals surface area contributed by atoms with E-state index in [1.54, 1.807) is 36.4 Å². The van der Waals surface area contributed by atoms with Crippen molar-refractivity contribution in [2.75, 3.05) is 4.90 Å². The van der Waals surface area contributed by atoms with Crippen molar-refractivity contribution in [1.82, 2.24) is 4.98 Å². The summed E-state index contributed by atoms with van der Waals surface area (Å²) < 4.78 is 28.3. The zero-order valence-corrected chi connectivity index (χ0v) is 19.1. The van der Waals surface area contributed by atoms with E-state index < -0.39 is 35.1 Å². The Hall–Kier alpha value is -3.62. The molecular formula is C25H15ClF2N2O3S. The summed E-state index contributed by atoms with van der Waals surface area (Å²) >= 11 is 6.94. The molecule has 1 aliphatic rings. The largest absolute Gasteiger partial charge is 0.507 e. The minimum absolute atomic E-state index is 0.0123. The lowest BCUT2D eigenvalue weighted by Gasteiger charge is -2.23. The zero-order valence-electron chi connectivity index (χ0n) is 17.6. The summed E-state index contributed by atoms with van der Waals surface area (Å²) in [4.78, 5) is 31.7. The smallest absolute Gasteiger partial charge is 0.301 e. The fourth-order valence-electron chi connectivity index (χ4n) is 4.03. The lowest BCUT2D eigenvalue weighted by atomic mass is 9.94. The maximum atomic E-state index is 14.3. The standard InChI is InChI=1S/C25H15ClF2N2O3S/c1-12-4-2-5-13(8-12)21-19(22(31)14-6-3-7-15(26)9-14)23(32)24(33)30(21)25-29-20-17(28)10-16(27)11-18(20)34-25/h2-11,21,31H,1H3/b22-19+. The molecule has 4 aromatic rings. The third kappa shape index (κ3) is 3.65. The van der Waals surface area contributed by atoms with Gasteiger partial charge in [0.2, 0.25) is 0 Å². The molecule has 9 heteroatoms. The number of anilines is 1. The number of nitrogens with zero attached hydrogens (tertiary/aromatic N) is 2. The van der Waals surface area contributed by atoms with Crippen LogP contribution in [-0.4, -0.2) is 21.8 Å². The molecule has 1 N–H and O–H groups in total. The Bertz CT molecular complexity index is 1530. The molecule has 5 rings (SSSR count). The lowest BCUT2D eigenvalue weighted by Crippen LogP contribution is -2.29. The highest BCUT2D eigenvalue weighted by Gasteiger charge is 2.48. The number of carbonyl (C=O) groups excluding carboxylic acids is 2. The van der Waals surface area contributed by atoms with Crippen molar-refractivity contribution in [3.8, 4) is 0 Å². The summed E-state index contributed by atoms with van der Waals surface area (Å²) in [7, 11) is 0. The molecule has 0 spiro atoms. The van der Waals surface area contributed by atoms with Gasteiger partial charge in [0.05, 0.1) is 16.3 Å². The number of carbonyl (C=O) groups is 2. The topological polar surface area (TPSA) is 70.5 Å². The predicted molar refractivity (Wildman–Crippen MR) is 127 cm³/mol. The number of aliphatic hydroxyl groups excluding tert-OH is 1. The first kappa shape index (κ1) is 22.2. The molecule has 0 bridgehead atoms. The van der Waals surface area contributed by atoms with E-state index in [9.17, 15) is 23.5 Å². The fourth-order valence-corrected chi connectivity index (χ4v) is 5.25. The number of halogens is 3. The van der Waals surface area contributed by atoms with Crippen LogP contribution >= 0.6 is 22.9 Å². The third-order valence-corrected chi connectivity index (χ3v) is 6.75. The van der Waals surface area contributed by atoms with Crippen LogP contribution in [0.3, 0.4) is 0 Å². The van der Waals surface area contributed by atoms with Crippen molar-refractivity contribution in [2.24, 2.45) is 0 Å². The molecule has 5 nitrogen and oxygen atoms in total. The second-order valence-electron chi connectivity index (χ2n) is 7.82. The highest BCUT2D eigenvalue weighted by Crippen LogP contribution is 2.44. The maximum Gasteiger partial charge on any atom is 0.301 e. The Kier molecular flexibility index (Phi) is 5.42. The number of amides is 1. The number of aryl methyl sites for hydroxylation is 1. The van der Waals surface area contributed by atoms with E-state index in [2.05, 4.69) is 4.98 Å². The lowest BCUT2D eigenvalue weighted by molar-refractivity contribution is -0.132. The summed E-state index contributed by atoms with van der Waals surface area (Å²) in [6, 6.07) is 14.2. The highest BCUT2D eigenvalue weighted by atomic mass is 35.5. The number of aliphatic hydroxyl groups is 1. The van der Waals surface area contributed by atoms with Crippen molar-refractivity contribution in [2.45, 2.75) is 13.0 Å². The number of thiazole rings is 1. The zero-order chi connectivity index (χ0) is 24.1. The van der Waals surface area contributed by atoms with Gasteiger partial charge in [-0.15, -0.1) is 0 Å². The SMILES string of the molecule is Cc1cccc(C2/C(=C(\O)c3cccc(Cl)c3)C(=O)C(=O)N2c2nc3c(F)cc(F)cc3s2)c1. The number of ketones is 1. The van der Waals surface area contributed by atoms with Gasteiger partial charge in [-0.25, -0.2) is 13.8 Å². The van der Waals surface area contributed by atoms with E-state index in [0.29, 0.717) is 16.7 Å². The van der Waals surface area contributed by atoms with Gasteiger partial charge < -0.3 is 5.11 Å². The Morgan fingerprint density at radius 2 is 1.85 bits per heavy atom. The molecule has 1 amide bonds. The first-order valence-corrected chi connectivity index (χ1v) is 11.3. The van der Waals surface area contributed by atoms with Crippen LogP contribution in [0.15, 0.2) is 66.2 Å². The predicted octanol–water partition coefficient (Wildman–Crippen LogP) is 6.16. The van der Waals surface area contributed by atoms with Crippen molar-refractivity contribution in [3.63, 3.8) is 0 Å². The van der Waals surface area contributed by atoms with E-state index in [4.69, 9.17) is 11.6 Å². The average molecular weight is 497 g/mol. The molecule has 170 valence electrons. The van der Waals surface area contributed by atoms with Gasteiger partial charge >= 0.3 is 5.91 Å². The number of hydrogen-bond acceptors (Lipinski definition) is 5. The van der Waals surface area contributed by atoms with Crippen molar-refractivity contribution < 1.29 is 23.5 Å². The Morgan fingerprint density at radius 1 is 1.09 bits per heavy atom. The second kappa shape index (κ2) is 8.30. The molecule has 1 atom stereocenters. The summed E-state index contributed by atoms with van der Waals surface area (Å²) in [5.41, 5.74) is 1.42. The molecule has 1 fully saturated rings. The van der Waals surface area contributed by atoms with Crippen molar-refractivity contribution in [3.05, 3.63) is 99.6 Å².